The molecule has 0 fully saturated rings. The average Bonchev–Trinajstić information content (AvgIpc) is 2.23. The van der Waals surface area contributed by atoms with Crippen LogP contribution in [0.5, 0.6) is 0 Å². The summed E-state index contributed by atoms with van der Waals surface area (Å²) in [5.74, 6) is 0.804. The van der Waals surface area contributed by atoms with Gasteiger partial charge in [0.15, 0.2) is 5.82 Å². The Kier molecular flexibility index (Phi) is 2.40. The lowest BCUT2D eigenvalue weighted by Crippen LogP contribution is -1.97. The van der Waals surface area contributed by atoms with Crippen LogP contribution in [0.25, 0.3) is 0 Å². The van der Waals surface area contributed by atoms with Crippen molar-refractivity contribution < 1.29 is 0 Å². The van der Waals surface area contributed by atoms with Gasteiger partial charge in [0.1, 0.15) is 0 Å². The van der Waals surface area contributed by atoms with Crippen LogP contribution in [0.1, 0.15) is 5.56 Å². The summed E-state index contributed by atoms with van der Waals surface area (Å²) in [4.78, 5) is 0. The Labute approximate surface area is 82.8 Å². The highest BCUT2D eigenvalue weighted by Crippen LogP contribution is 2.15. The fourth-order valence-electron chi connectivity index (χ4n) is 1.18. The van der Waals surface area contributed by atoms with E-state index in [0.717, 1.165) is 17.1 Å². The Morgan fingerprint density at radius 2 is 1.86 bits per heavy atom. The fourth-order valence-corrected chi connectivity index (χ4v) is 1.18. The van der Waals surface area contributed by atoms with Crippen LogP contribution in [0.4, 0.5) is 11.5 Å². The third kappa shape index (κ3) is 1.88. The maximum atomic E-state index is 4.01. The van der Waals surface area contributed by atoms with Crippen LogP contribution in [-0.2, 0) is 0 Å². The van der Waals surface area contributed by atoms with E-state index < -0.39 is 0 Å². The topological polar surface area (TPSA) is 37.8 Å². The van der Waals surface area contributed by atoms with Crippen LogP contribution in [-0.4, -0.2) is 10.2 Å². The minimum atomic E-state index is 0.804. The molecule has 2 rings (SSSR count). The molecule has 0 amide bonds. The zero-order chi connectivity index (χ0) is 9.80. The van der Waals surface area contributed by atoms with Crippen molar-refractivity contribution in [2.45, 2.75) is 6.92 Å². The first-order valence-corrected chi connectivity index (χ1v) is 4.46. The lowest BCUT2D eigenvalue weighted by Gasteiger charge is -2.06. The van der Waals surface area contributed by atoms with Gasteiger partial charge >= 0.3 is 0 Å². The molecule has 70 valence electrons. The van der Waals surface area contributed by atoms with Crippen molar-refractivity contribution in [3.63, 3.8) is 0 Å². The number of benzene rings is 1. The van der Waals surface area contributed by atoms with E-state index in [9.17, 15) is 0 Å². The SMILES string of the molecule is Cc1ccnnc1Nc1ccccc1. The van der Waals surface area contributed by atoms with Gasteiger partial charge in [-0.3, -0.25) is 0 Å². The van der Waals surface area contributed by atoms with Crippen LogP contribution in [0.2, 0.25) is 0 Å². The lowest BCUT2D eigenvalue weighted by atomic mass is 10.3. The molecule has 3 heteroatoms. The third-order valence-corrected chi connectivity index (χ3v) is 1.96. The molecule has 1 aromatic heterocycles. The molecule has 0 bridgehead atoms. The summed E-state index contributed by atoms with van der Waals surface area (Å²) in [7, 11) is 0. The number of nitrogens with one attached hydrogen (secondary N) is 1. The second-order valence-electron chi connectivity index (χ2n) is 3.05. The van der Waals surface area contributed by atoms with E-state index in [2.05, 4.69) is 15.5 Å². The minimum Gasteiger partial charge on any atom is -0.339 e. The molecule has 0 aliphatic carbocycles. The molecule has 1 heterocycles. The van der Waals surface area contributed by atoms with Crippen molar-refractivity contribution in [2.24, 2.45) is 0 Å². The molecule has 0 saturated heterocycles. The zero-order valence-corrected chi connectivity index (χ0v) is 7.94. The van der Waals surface area contributed by atoms with Gasteiger partial charge in [-0.1, -0.05) is 18.2 Å². The normalized spacial score (nSPS) is 9.79. The van der Waals surface area contributed by atoms with Crippen molar-refractivity contribution in [1.82, 2.24) is 10.2 Å². The number of anilines is 2. The largest absolute Gasteiger partial charge is 0.339 e. The number of para-hydroxylation sites is 1. The van der Waals surface area contributed by atoms with Crippen molar-refractivity contribution in [2.75, 3.05) is 5.32 Å². The summed E-state index contributed by atoms with van der Waals surface area (Å²) < 4.78 is 0. The molecular formula is C11H11N3. The molecule has 2 aromatic rings. The van der Waals surface area contributed by atoms with Gasteiger partial charge in [-0.25, -0.2) is 0 Å². The highest BCUT2D eigenvalue weighted by molar-refractivity contribution is 5.57. The predicted octanol–water partition coefficient (Wildman–Crippen LogP) is 2.53. The fraction of sp³-hybridized carbons (Fsp3) is 0.0909. The van der Waals surface area contributed by atoms with Gasteiger partial charge in [-0.15, -0.1) is 5.10 Å². The van der Waals surface area contributed by atoms with Crippen LogP contribution < -0.4 is 5.32 Å². The maximum Gasteiger partial charge on any atom is 0.155 e. The molecular weight excluding hydrogens is 174 g/mol. The first-order chi connectivity index (χ1) is 6.86. The van der Waals surface area contributed by atoms with Crippen LogP contribution >= 0.6 is 0 Å². The molecule has 0 saturated carbocycles. The first-order valence-electron chi connectivity index (χ1n) is 4.46. The van der Waals surface area contributed by atoms with Gasteiger partial charge in [0.25, 0.3) is 0 Å². The van der Waals surface area contributed by atoms with E-state index >= 15 is 0 Å². The lowest BCUT2D eigenvalue weighted by molar-refractivity contribution is 1.02. The van der Waals surface area contributed by atoms with Gasteiger partial charge < -0.3 is 5.32 Å². The number of nitrogens with zero attached hydrogens (tertiary/aromatic N) is 2. The molecule has 0 unspecified atom stereocenters. The molecule has 0 atom stereocenters. The molecule has 1 aromatic carbocycles. The van der Waals surface area contributed by atoms with Gasteiger partial charge in [0.05, 0.1) is 6.20 Å². The Hall–Kier alpha value is -1.90. The summed E-state index contributed by atoms with van der Waals surface area (Å²) in [6, 6.07) is 11.9. The Morgan fingerprint density at radius 3 is 2.57 bits per heavy atom. The van der Waals surface area contributed by atoms with Crippen molar-refractivity contribution in [3.8, 4) is 0 Å². The summed E-state index contributed by atoms with van der Waals surface area (Å²) >= 11 is 0. The second kappa shape index (κ2) is 3.87. The van der Waals surface area contributed by atoms with E-state index in [1.165, 1.54) is 0 Å². The molecule has 0 spiro atoms. The smallest absolute Gasteiger partial charge is 0.155 e. The molecule has 0 aliphatic heterocycles. The van der Waals surface area contributed by atoms with Crippen LogP contribution in [0.15, 0.2) is 42.6 Å². The van der Waals surface area contributed by atoms with Gasteiger partial charge in [-0.05, 0) is 30.7 Å². The standard InChI is InChI=1S/C11H11N3/c1-9-7-8-12-14-11(9)13-10-5-3-2-4-6-10/h2-8H,1H3,(H,13,14). The maximum absolute atomic E-state index is 4.01. The van der Waals surface area contributed by atoms with E-state index in [4.69, 9.17) is 0 Å². The summed E-state index contributed by atoms with van der Waals surface area (Å²) in [5.41, 5.74) is 2.11. The Morgan fingerprint density at radius 1 is 1.07 bits per heavy atom. The van der Waals surface area contributed by atoms with Crippen molar-refractivity contribution in [1.29, 1.82) is 0 Å². The summed E-state index contributed by atoms with van der Waals surface area (Å²) in [6.45, 7) is 2.00. The van der Waals surface area contributed by atoms with E-state index in [-0.39, 0.29) is 0 Å². The number of aryl methyl sites for hydroxylation is 1. The number of hydrogen-bond acceptors (Lipinski definition) is 3. The molecule has 14 heavy (non-hydrogen) atoms. The number of rotatable bonds is 2. The van der Waals surface area contributed by atoms with Gasteiger partial charge in [0.2, 0.25) is 0 Å². The Balaban J connectivity index is 2.24. The zero-order valence-electron chi connectivity index (χ0n) is 7.94. The molecule has 1 N–H and O–H groups in total. The third-order valence-electron chi connectivity index (χ3n) is 1.96. The van der Waals surface area contributed by atoms with E-state index in [1.807, 2.05) is 43.3 Å². The van der Waals surface area contributed by atoms with Crippen molar-refractivity contribution >= 4 is 11.5 Å². The summed E-state index contributed by atoms with van der Waals surface area (Å²) in [5, 5.41) is 11.0. The highest BCUT2D eigenvalue weighted by atomic mass is 15.2. The second-order valence-corrected chi connectivity index (χ2v) is 3.05. The van der Waals surface area contributed by atoms with E-state index in [0.29, 0.717) is 0 Å². The monoisotopic (exact) mass is 185 g/mol. The first kappa shape index (κ1) is 8.69. The van der Waals surface area contributed by atoms with E-state index in [1.54, 1.807) is 6.20 Å². The summed E-state index contributed by atoms with van der Waals surface area (Å²) in [6.07, 6.45) is 1.69. The quantitative estimate of drug-likeness (QED) is 0.781. The minimum absolute atomic E-state index is 0.804. The van der Waals surface area contributed by atoms with Gasteiger partial charge in [0, 0.05) is 5.69 Å². The highest BCUT2D eigenvalue weighted by Gasteiger charge is 1.98. The Bertz CT molecular complexity index is 412. The predicted molar refractivity (Wildman–Crippen MR) is 56.5 cm³/mol. The molecule has 0 radical (unpaired) electrons. The number of hydrogen-bond donors (Lipinski definition) is 1. The van der Waals surface area contributed by atoms with Crippen LogP contribution in [0, 0.1) is 6.92 Å². The molecule has 3 nitrogen and oxygen atoms in total. The van der Waals surface area contributed by atoms with Crippen LogP contribution in [0.3, 0.4) is 0 Å². The van der Waals surface area contributed by atoms with Crippen molar-refractivity contribution in [3.05, 3.63) is 48.2 Å². The number of aromatic nitrogens is 2. The van der Waals surface area contributed by atoms with Gasteiger partial charge in [-0.2, -0.15) is 5.10 Å². The molecule has 0 aliphatic rings. The average molecular weight is 185 g/mol.